The minimum Gasteiger partial charge on any atom is -0.467 e. The van der Waals surface area contributed by atoms with Gasteiger partial charge in [0.15, 0.2) is 12.2 Å². The maximum atomic E-state index is 11.8. The molecule has 0 aromatic heterocycles. The van der Waals surface area contributed by atoms with E-state index in [1.165, 1.54) is 6.08 Å². The summed E-state index contributed by atoms with van der Waals surface area (Å²) in [7, 11) is 0. The Balaban J connectivity index is 0. The van der Waals surface area contributed by atoms with Crippen molar-refractivity contribution in [2.75, 3.05) is 6.61 Å². The van der Waals surface area contributed by atoms with Gasteiger partial charge in [-0.2, -0.15) is 0 Å². The zero-order chi connectivity index (χ0) is 18.4. The minimum absolute atomic E-state index is 0. The first-order valence-corrected chi connectivity index (χ1v) is 8.37. The Bertz CT molecular complexity index is 427. The summed E-state index contributed by atoms with van der Waals surface area (Å²) in [5.74, 6) is -0.678. The molecule has 0 rings (SSSR count). The van der Waals surface area contributed by atoms with Crippen LogP contribution in [0.15, 0.2) is 17.8 Å². The van der Waals surface area contributed by atoms with E-state index in [-0.39, 0.29) is 42.3 Å². The van der Waals surface area contributed by atoms with Crippen LogP contribution in [-0.2, 0) is 23.8 Å². The molecule has 0 aliphatic carbocycles. The lowest BCUT2D eigenvalue weighted by molar-refractivity contribution is -0.163. The van der Waals surface area contributed by atoms with Crippen molar-refractivity contribution >= 4 is 28.8 Å². The molecule has 0 saturated carbocycles. The highest BCUT2D eigenvalue weighted by Gasteiger charge is 2.27. The lowest BCUT2D eigenvalue weighted by Gasteiger charge is -2.25. The fourth-order valence-corrected chi connectivity index (χ4v) is 1.86. The van der Waals surface area contributed by atoms with Crippen LogP contribution in [0.4, 0.5) is 0 Å². The van der Waals surface area contributed by atoms with Crippen molar-refractivity contribution < 1.29 is 29.0 Å². The molecule has 0 saturated heterocycles. The lowest BCUT2D eigenvalue weighted by Crippen LogP contribution is -2.38. The van der Waals surface area contributed by atoms with Crippen LogP contribution in [0.3, 0.4) is 0 Å². The minimum atomic E-state index is -0.851. The highest BCUT2D eigenvalue weighted by atomic mass is 28.1. The Kier molecular flexibility index (Phi) is 15.9. The number of hydrogen-bond acceptors (Lipinski definition) is 7. The first-order chi connectivity index (χ1) is 11.5. The SMILES string of the molecule is C=CC(OC(CCC)=NO)C(COC(=O)CCC)OC(=O)CCC.[SiH4]. The third-order valence-electron chi connectivity index (χ3n) is 3.05. The van der Waals surface area contributed by atoms with Crippen molar-refractivity contribution in [3.63, 3.8) is 0 Å². The molecule has 146 valence electrons. The Morgan fingerprint density at radius 3 is 2.08 bits per heavy atom. The molecule has 0 amide bonds. The molecule has 7 nitrogen and oxygen atoms in total. The average molecular weight is 376 g/mol. The zero-order valence-corrected chi connectivity index (χ0v) is 14.8. The van der Waals surface area contributed by atoms with E-state index in [1.54, 1.807) is 0 Å². The van der Waals surface area contributed by atoms with Gasteiger partial charge in [0.25, 0.3) is 0 Å². The third-order valence-corrected chi connectivity index (χ3v) is 3.05. The Morgan fingerprint density at radius 2 is 1.60 bits per heavy atom. The number of ether oxygens (including phenoxy) is 3. The molecule has 0 aromatic carbocycles. The summed E-state index contributed by atoms with van der Waals surface area (Å²) in [6.07, 6.45) is 2.78. The number of hydrogen-bond donors (Lipinski definition) is 1. The van der Waals surface area contributed by atoms with Crippen molar-refractivity contribution in [2.45, 2.75) is 71.5 Å². The molecular formula is C17H33NO6Si. The van der Waals surface area contributed by atoms with Gasteiger partial charge in [0.05, 0.1) is 0 Å². The van der Waals surface area contributed by atoms with Gasteiger partial charge in [0, 0.05) is 19.3 Å². The third kappa shape index (κ3) is 11.4. The number of nitrogens with zero attached hydrogens (tertiary/aromatic N) is 1. The van der Waals surface area contributed by atoms with Crippen molar-refractivity contribution in [1.82, 2.24) is 0 Å². The standard InChI is InChI=1S/C17H29NO6.H4Si/c1-5-9-15(18-21)23-13(8-4)14(24-17(20)11-7-3)12-22-16(19)10-6-2;/h8,13-14,21H,4-7,9-12H2,1-3H3;1H4. The number of carbonyl (C=O) groups excluding carboxylic acids is 2. The van der Waals surface area contributed by atoms with E-state index in [0.717, 1.165) is 6.42 Å². The van der Waals surface area contributed by atoms with Gasteiger partial charge in [-0.3, -0.25) is 9.59 Å². The fourth-order valence-electron chi connectivity index (χ4n) is 1.86. The van der Waals surface area contributed by atoms with E-state index >= 15 is 0 Å². The molecule has 0 spiro atoms. The van der Waals surface area contributed by atoms with E-state index in [1.807, 2.05) is 20.8 Å². The van der Waals surface area contributed by atoms with Crippen LogP contribution in [0.25, 0.3) is 0 Å². The van der Waals surface area contributed by atoms with E-state index < -0.39 is 18.2 Å². The summed E-state index contributed by atoms with van der Waals surface area (Å²) in [6, 6.07) is 0. The topological polar surface area (TPSA) is 94.4 Å². The highest BCUT2D eigenvalue weighted by Crippen LogP contribution is 2.12. The molecule has 0 bridgehead atoms. The monoisotopic (exact) mass is 375 g/mol. The van der Waals surface area contributed by atoms with Gasteiger partial charge in [-0.25, -0.2) is 0 Å². The first-order valence-electron chi connectivity index (χ1n) is 8.37. The molecule has 0 heterocycles. The second-order valence-electron chi connectivity index (χ2n) is 5.27. The van der Waals surface area contributed by atoms with Gasteiger partial charge in [-0.1, -0.05) is 32.5 Å². The second-order valence-corrected chi connectivity index (χ2v) is 5.27. The lowest BCUT2D eigenvalue weighted by atomic mass is 10.2. The van der Waals surface area contributed by atoms with Gasteiger partial charge >= 0.3 is 11.9 Å². The molecule has 2 unspecified atom stereocenters. The van der Waals surface area contributed by atoms with Crippen LogP contribution in [-0.4, -0.2) is 52.8 Å². The van der Waals surface area contributed by atoms with Crippen molar-refractivity contribution in [3.8, 4) is 0 Å². The number of rotatable bonds is 12. The van der Waals surface area contributed by atoms with E-state index in [0.29, 0.717) is 19.3 Å². The number of esters is 2. The van der Waals surface area contributed by atoms with Gasteiger partial charge in [0.1, 0.15) is 6.61 Å². The van der Waals surface area contributed by atoms with Crippen molar-refractivity contribution in [3.05, 3.63) is 12.7 Å². The van der Waals surface area contributed by atoms with Crippen molar-refractivity contribution in [2.24, 2.45) is 5.16 Å². The Morgan fingerprint density at radius 1 is 1.04 bits per heavy atom. The molecule has 2 atom stereocenters. The Labute approximate surface area is 154 Å². The molecule has 0 aliphatic rings. The molecule has 1 N–H and O–H groups in total. The maximum Gasteiger partial charge on any atom is 0.306 e. The summed E-state index contributed by atoms with van der Waals surface area (Å²) >= 11 is 0. The van der Waals surface area contributed by atoms with Crippen LogP contribution in [0, 0.1) is 0 Å². The largest absolute Gasteiger partial charge is 0.467 e. The quantitative estimate of drug-likeness (QED) is 0.106. The van der Waals surface area contributed by atoms with E-state index in [4.69, 9.17) is 19.4 Å². The molecule has 0 aromatic rings. The molecule has 8 heteroatoms. The van der Waals surface area contributed by atoms with Gasteiger partial charge < -0.3 is 19.4 Å². The highest BCUT2D eigenvalue weighted by molar-refractivity contribution is 5.76. The van der Waals surface area contributed by atoms with E-state index in [2.05, 4.69) is 11.7 Å². The first kappa shape index (κ1) is 25.4. The average Bonchev–Trinajstić information content (AvgIpc) is 2.56. The summed E-state index contributed by atoms with van der Waals surface area (Å²) < 4.78 is 16.0. The van der Waals surface area contributed by atoms with Crippen LogP contribution < -0.4 is 0 Å². The normalized spacial score (nSPS) is 13.2. The van der Waals surface area contributed by atoms with Crippen molar-refractivity contribution in [1.29, 1.82) is 0 Å². The summed E-state index contributed by atoms with van der Waals surface area (Å²) in [6.45, 7) is 9.14. The number of carbonyl (C=O) groups is 2. The molecule has 0 radical (unpaired) electrons. The molecular weight excluding hydrogens is 342 g/mol. The predicted octanol–water partition coefficient (Wildman–Crippen LogP) is 1.75. The number of oxime groups is 1. The molecule has 25 heavy (non-hydrogen) atoms. The smallest absolute Gasteiger partial charge is 0.306 e. The Hall–Kier alpha value is -1.83. The summed E-state index contributed by atoms with van der Waals surface area (Å²) in [5, 5.41) is 12.1. The summed E-state index contributed by atoms with van der Waals surface area (Å²) in [5.41, 5.74) is 0. The van der Waals surface area contributed by atoms with Crippen LogP contribution >= 0.6 is 0 Å². The second kappa shape index (κ2) is 15.7. The fraction of sp³-hybridized carbons (Fsp3) is 0.706. The van der Waals surface area contributed by atoms with E-state index in [9.17, 15) is 9.59 Å². The van der Waals surface area contributed by atoms with Gasteiger partial charge in [0.2, 0.25) is 5.90 Å². The molecule has 0 aliphatic heterocycles. The van der Waals surface area contributed by atoms with Gasteiger partial charge in [-0.05, 0) is 36.3 Å². The van der Waals surface area contributed by atoms with Crippen LogP contribution in [0.5, 0.6) is 0 Å². The van der Waals surface area contributed by atoms with Gasteiger partial charge in [-0.15, -0.1) is 0 Å². The van der Waals surface area contributed by atoms with Crippen LogP contribution in [0.2, 0.25) is 0 Å². The van der Waals surface area contributed by atoms with Crippen LogP contribution in [0.1, 0.15) is 59.3 Å². The summed E-state index contributed by atoms with van der Waals surface area (Å²) in [4.78, 5) is 23.4. The predicted molar refractivity (Wildman–Crippen MR) is 101 cm³/mol. The molecule has 0 fully saturated rings. The zero-order valence-electron chi connectivity index (χ0n) is 14.8. The maximum absolute atomic E-state index is 11.8.